The largest absolute Gasteiger partial charge is 0.489 e. The molecule has 1 aliphatic rings. The molecule has 5 heteroatoms. The van der Waals surface area contributed by atoms with E-state index in [0.717, 1.165) is 6.07 Å². The third kappa shape index (κ3) is 1.42. The summed E-state index contributed by atoms with van der Waals surface area (Å²) in [6, 6.07) is 2.52. The van der Waals surface area contributed by atoms with E-state index in [9.17, 15) is 9.18 Å². The Morgan fingerprint density at radius 2 is 2.29 bits per heavy atom. The molecule has 1 aliphatic heterocycles. The number of rotatable bonds is 0. The summed E-state index contributed by atoms with van der Waals surface area (Å²) in [4.78, 5) is 11.4. The molecule has 0 saturated heterocycles. The van der Waals surface area contributed by atoms with Crippen molar-refractivity contribution in [2.24, 2.45) is 0 Å². The normalized spacial score (nSPS) is 15.1. The van der Waals surface area contributed by atoms with Gasteiger partial charge in [-0.1, -0.05) is 11.6 Å². The zero-order chi connectivity index (χ0) is 10.1. The number of nitrogens with one attached hydrogen (secondary N) is 1. The van der Waals surface area contributed by atoms with E-state index in [1.807, 2.05) is 0 Å². The molecule has 0 bridgehead atoms. The van der Waals surface area contributed by atoms with Crippen molar-refractivity contribution in [1.29, 1.82) is 0 Å². The molecule has 1 N–H and O–H groups in total. The van der Waals surface area contributed by atoms with Gasteiger partial charge in [0, 0.05) is 0 Å². The van der Waals surface area contributed by atoms with Crippen LogP contribution in [0, 0.1) is 5.82 Å². The predicted molar refractivity (Wildman–Crippen MR) is 49.2 cm³/mol. The average molecular weight is 216 g/mol. The first-order valence-electron chi connectivity index (χ1n) is 4.09. The molecule has 74 valence electrons. The molecule has 0 radical (unpaired) electrons. The van der Waals surface area contributed by atoms with Gasteiger partial charge in [-0.05, 0) is 12.1 Å². The van der Waals surface area contributed by atoms with E-state index < -0.39 is 11.7 Å². The molecule has 0 unspecified atom stereocenters. The second-order valence-electron chi connectivity index (χ2n) is 2.84. The zero-order valence-corrected chi connectivity index (χ0v) is 7.90. The molecule has 0 fully saturated rings. The van der Waals surface area contributed by atoms with Crippen molar-refractivity contribution in [2.45, 2.75) is 0 Å². The SMILES string of the molecule is O=C1NCCOc2c(Cl)ccc(F)c21. The molecule has 3 nitrogen and oxygen atoms in total. The van der Waals surface area contributed by atoms with Crippen LogP contribution in [0.15, 0.2) is 12.1 Å². The van der Waals surface area contributed by atoms with Crippen molar-refractivity contribution in [1.82, 2.24) is 5.32 Å². The molecule has 1 aromatic carbocycles. The lowest BCUT2D eigenvalue weighted by Gasteiger charge is -2.07. The minimum atomic E-state index is -0.621. The number of ether oxygens (including phenoxy) is 1. The van der Waals surface area contributed by atoms with Gasteiger partial charge < -0.3 is 10.1 Å². The third-order valence-electron chi connectivity index (χ3n) is 1.92. The topological polar surface area (TPSA) is 38.3 Å². The third-order valence-corrected chi connectivity index (χ3v) is 2.22. The van der Waals surface area contributed by atoms with Crippen LogP contribution in [0.4, 0.5) is 4.39 Å². The molecule has 0 aliphatic carbocycles. The Labute approximate surface area is 84.8 Å². The van der Waals surface area contributed by atoms with E-state index in [2.05, 4.69) is 5.32 Å². The van der Waals surface area contributed by atoms with Crippen molar-refractivity contribution in [3.05, 3.63) is 28.5 Å². The van der Waals surface area contributed by atoms with E-state index in [0.29, 0.717) is 13.2 Å². The first kappa shape index (κ1) is 9.27. The highest BCUT2D eigenvalue weighted by atomic mass is 35.5. The Hall–Kier alpha value is -1.29. The zero-order valence-electron chi connectivity index (χ0n) is 7.14. The van der Waals surface area contributed by atoms with Crippen molar-refractivity contribution in [2.75, 3.05) is 13.2 Å². The molecule has 0 spiro atoms. The van der Waals surface area contributed by atoms with Gasteiger partial charge in [0.05, 0.1) is 11.6 Å². The first-order valence-corrected chi connectivity index (χ1v) is 4.47. The summed E-state index contributed by atoms with van der Waals surface area (Å²) in [7, 11) is 0. The Bertz CT molecular complexity index is 395. The average Bonchev–Trinajstić information content (AvgIpc) is 2.35. The molecular formula is C9H7ClFNO2. The summed E-state index contributed by atoms with van der Waals surface area (Å²) in [5, 5.41) is 2.75. The van der Waals surface area contributed by atoms with Crippen molar-refractivity contribution in [3.8, 4) is 5.75 Å². The number of halogens is 2. The van der Waals surface area contributed by atoms with Gasteiger partial charge in [0.2, 0.25) is 0 Å². The molecule has 0 saturated carbocycles. The van der Waals surface area contributed by atoms with E-state index >= 15 is 0 Å². The minimum Gasteiger partial charge on any atom is -0.489 e. The monoisotopic (exact) mass is 215 g/mol. The molecule has 2 rings (SSSR count). The molecule has 0 aromatic heterocycles. The summed E-state index contributed by atoms with van der Waals surface area (Å²) in [5.74, 6) is -0.983. The van der Waals surface area contributed by atoms with Gasteiger partial charge in [-0.2, -0.15) is 0 Å². The fourth-order valence-electron chi connectivity index (χ4n) is 1.29. The van der Waals surface area contributed by atoms with Crippen LogP contribution in [0.25, 0.3) is 0 Å². The number of benzene rings is 1. The Morgan fingerprint density at radius 3 is 3.07 bits per heavy atom. The number of carbonyl (C=O) groups is 1. The lowest BCUT2D eigenvalue weighted by atomic mass is 10.2. The van der Waals surface area contributed by atoms with Gasteiger partial charge in [-0.3, -0.25) is 4.79 Å². The number of carbonyl (C=O) groups excluding carboxylic acids is 1. The fourth-order valence-corrected chi connectivity index (χ4v) is 1.50. The van der Waals surface area contributed by atoms with Crippen LogP contribution in [0.5, 0.6) is 5.75 Å². The Balaban J connectivity index is 2.62. The lowest BCUT2D eigenvalue weighted by molar-refractivity contribution is 0.0953. The Kier molecular flexibility index (Phi) is 2.29. The maximum Gasteiger partial charge on any atom is 0.258 e. The molecule has 1 aromatic rings. The number of amides is 1. The van der Waals surface area contributed by atoms with Gasteiger partial charge in [-0.15, -0.1) is 0 Å². The predicted octanol–water partition coefficient (Wildman–Crippen LogP) is 1.60. The van der Waals surface area contributed by atoms with Gasteiger partial charge in [0.1, 0.15) is 18.0 Å². The van der Waals surface area contributed by atoms with Crippen LogP contribution in [-0.4, -0.2) is 19.1 Å². The minimum absolute atomic E-state index is 0.116. The summed E-state index contributed by atoms with van der Waals surface area (Å²) >= 11 is 5.78. The standard InChI is InChI=1S/C9H7ClFNO2/c10-5-1-2-6(11)7-8(5)14-4-3-12-9(7)13/h1-2H,3-4H2,(H,12,13). The Morgan fingerprint density at radius 1 is 1.50 bits per heavy atom. The van der Waals surface area contributed by atoms with Gasteiger partial charge in [-0.25, -0.2) is 4.39 Å². The van der Waals surface area contributed by atoms with Crippen LogP contribution in [0.2, 0.25) is 5.02 Å². The summed E-state index contributed by atoms with van der Waals surface area (Å²) in [6.07, 6.45) is 0. The van der Waals surface area contributed by atoms with Crippen LogP contribution >= 0.6 is 11.6 Å². The number of fused-ring (bicyclic) bond motifs is 1. The summed E-state index contributed by atoms with van der Waals surface area (Å²) in [6.45, 7) is 0.644. The smallest absolute Gasteiger partial charge is 0.258 e. The van der Waals surface area contributed by atoms with Gasteiger partial charge in [0.25, 0.3) is 5.91 Å². The number of hydrogen-bond donors (Lipinski definition) is 1. The highest BCUT2D eigenvalue weighted by Crippen LogP contribution is 2.31. The van der Waals surface area contributed by atoms with Gasteiger partial charge >= 0.3 is 0 Å². The molecule has 1 amide bonds. The van der Waals surface area contributed by atoms with Crippen molar-refractivity contribution in [3.63, 3.8) is 0 Å². The second kappa shape index (κ2) is 3.46. The van der Waals surface area contributed by atoms with Crippen LogP contribution in [-0.2, 0) is 0 Å². The maximum atomic E-state index is 13.3. The second-order valence-corrected chi connectivity index (χ2v) is 3.24. The van der Waals surface area contributed by atoms with Crippen molar-refractivity contribution >= 4 is 17.5 Å². The van der Waals surface area contributed by atoms with E-state index in [1.54, 1.807) is 0 Å². The lowest BCUT2D eigenvalue weighted by Crippen LogP contribution is -2.25. The summed E-state index contributed by atoms with van der Waals surface area (Å²) < 4.78 is 18.5. The van der Waals surface area contributed by atoms with Crippen LogP contribution in [0.3, 0.4) is 0 Å². The molecular weight excluding hydrogens is 209 g/mol. The maximum absolute atomic E-state index is 13.3. The van der Waals surface area contributed by atoms with E-state index in [1.165, 1.54) is 6.07 Å². The van der Waals surface area contributed by atoms with Crippen LogP contribution in [0.1, 0.15) is 10.4 Å². The highest BCUT2D eigenvalue weighted by molar-refractivity contribution is 6.32. The van der Waals surface area contributed by atoms with E-state index in [-0.39, 0.29) is 16.3 Å². The van der Waals surface area contributed by atoms with Crippen molar-refractivity contribution < 1.29 is 13.9 Å². The highest BCUT2D eigenvalue weighted by Gasteiger charge is 2.22. The molecule has 0 atom stereocenters. The van der Waals surface area contributed by atoms with E-state index in [4.69, 9.17) is 16.3 Å². The number of hydrogen-bond acceptors (Lipinski definition) is 2. The summed E-state index contributed by atoms with van der Waals surface area (Å²) in [5.41, 5.74) is -0.116. The quantitative estimate of drug-likeness (QED) is 0.714. The first-order chi connectivity index (χ1) is 6.70. The van der Waals surface area contributed by atoms with Gasteiger partial charge in [0.15, 0.2) is 5.75 Å². The molecule has 1 heterocycles. The fraction of sp³-hybridized carbons (Fsp3) is 0.222. The molecule has 14 heavy (non-hydrogen) atoms. The van der Waals surface area contributed by atoms with Crippen LogP contribution < -0.4 is 10.1 Å².